The van der Waals surface area contributed by atoms with Gasteiger partial charge in [0.2, 0.25) is 11.8 Å². The second kappa shape index (κ2) is 14.1. The van der Waals surface area contributed by atoms with Gasteiger partial charge in [0.1, 0.15) is 11.7 Å². The molecule has 0 bridgehead atoms. The lowest BCUT2D eigenvalue weighted by Crippen LogP contribution is -2.42. The molecule has 166 valence electrons. The van der Waals surface area contributed by atoms with E-state index in [0.717, 1.165) is 24.8 Å². The molecule has 1 aromatic heterocycles. The SMILES string of the molecule is CCCCc1ccc(C(=O)NCCNC(=O)CCC(NC(C)=O)C(=O)OCC)nc1. The Hall–Kier alpha value is -2.97. The van der Waals surface area contributed by atoms with Crippen LogP contribution in [0.1, 0.15) is 62.5 Å². The van der Waals surface area contributed by atoms with Gasteiger partial charge in [0.05, 0.1) is 6.61 Å². The number of pyridine rings is 1. The molecule has 3 N–H and O–H groups in total. The summed E-state index contributed by atoms with van der Waals surface area (Å²) in [5, 5.41) is 7.84. The zero-order chi connectivity index (χ0) is 22.4. The zero-order valence-electron chi connectivity index (χ0n) is 18.0. The van der Waals surface area contributed by atoms with Crippen LogP contribution in [-0.2, 0) is 25.5 Å². The van der Waals surface area contributed by atoms with E-state index in [9.17, 15) is 19.2 Å². The first-order chi connectivity index (χ1) is 14.4. The molecule has 0 fully saturated rings. The van der Waals surface area contributed by atoms with Crippen molar-refractivity contribution in [1.82, 2.24) is 20.9 Å². The number of nitrogens with zero attached hydrogens (tertiary/aromatic N) is 1. The minimum Gasteiger partial charge on any atom is -0.464 e. The molecule has 0 aliphatic carbocycles. The van der Waals surface area contributed by atoms with Crippen molar-refractivity contribution in [3.8, 4) is 0 Å². The average molecular weight is 421 g/mol. The van der Waals surface area contributed by atoms with Gasteiger partial charge in [-0.05, 0) is 37.8 Å². The van der Waals surface area contributed by atoms with E-state index >= 15 is 0 Å². The van der Waals surface area contributed by atoms with Crippen LogP contribution in [0, 0.1) is 0 Å². The average Bonchev–Trinajstić information content (AvgIpc) is 2.72. The van der Waals surface area contributed by atoms with Crippen molar-refractivity contribution in [1.29, 1.82) is 0 Å². The monoisotopic (exact) mass is 420 g/mol. The summed E-state index contributed by atoms with van der Waals surface area (Å²) in [6, 6.07) is 2.73. The lowest BCUT2D eigenvalue weighted by Gasteiger charge is -2.16. The number of aromatic nitrogens is 1. The van der Waals surface area contributed by atoms with Gasteiger partial charge in [-0.15, -0.1) is 0 Å². The largest absolute Gasteiger partial charge is 0.464 e. The van der Waals surface area contributed by atoms with E-state index in [0.29, 0.717) is 5.69 Å². The Morgan fingerprint density at radius 2 is 1.83 bits per heavy atom. The molecule has 9 nitrogen and oxygen atoms in total. The van der Waals surface area contributed by atoms with Gasteiger partial charge in [-0.25, -0.2) is 4.79 Å². The summed E-state index contributed by atoms with van der Waals surface area (Å²) in [6.45, 7) is 5.76. The maximum Gasteiger partial charge on any atom is 0.328 e. The molecule has 1 unspecified atom stereocenters. The Morgan fingerprint density at radius 3 is 2.43 bits per heavy atom. The number of carbonyl (C=O) groups is 4. The first kappa shape index (κ1) is 25.1. The molecule has 0 saturated carbocycles. The third-order valence-electron chi connectivity index (χ3n) is 4.22. The second-order valence-corrected chi connectivity index (χ2v) is 6.80. The highest BCUT2D eigenvalue weighted by Crippen LogP contribution is 2.05. The van der Waals surface area contributed by atoms with Crippen LogP contribution in [0.5, 0.6) is 0 Å². The normalized spacial score (nSPS) is 11.3. The number of hydrogen-bond donors (Lipinski definition) is 3. The minimum atomic E-state index is -0.862. The summed E-state index contributed by atoms with van der Waals surface area (Å²) in [5.41, 5.74) is 1.43. The fourth-order valence-corrected chi connectivity index (χ4v) is 2.66. The van der Waals surface area contributed by atoms with Gasteiger partial charge < -0.3 is 20.7 Å². The lowest BCUT2D eigenvalue weighted by atomic mass is 10.1. The van der Waals surface area contributed by atoms with Crippen molar-refractivity contribution in [3.63, 3.8) is 0 Å². The Kier molecular flexibility index (Phi) is 11.8. The fraction of sp³-hybridized carbons (Fsp3) is 0.571. The smallest absolute Gasteiger partial charge is 0.328 e. The number of ether oxygens (including phenoxy) is 1. The van der Waals surface area contributed by atoms with E-state index in [2.05, 4.69) is 27.9 Å². The van der Waals surface area contributed by atoms with E-state index in [1.54, 1.807) is 19.2 Å². The van der Waals surface area contributed by atoms with E-state index in [1.165, 1.54) is 6.92 Å². The fourth-order valence-electron chi connectivity index (χ4n) is 2.66. The molecule has 0 radical (unpaired) electrons. The number of nitrogens with one attached hydrogen (secondary N) is 3. The van der Waals surface area contributed by atoms with Gasteiger partial charge in [-0.3, -0.25) is 19.4 Å². The zero-order valence-corrected chi connectivity index (χ0v) is 18.0. The summed E-state index contributed by atoms with van der Waals surface area (Å²) >= 11 is 0. The van der Waals surface area contributed by atoms with Crippen LogP contribution in [-0.4, -0.2) is 54.4 Å². The molecule has 0 spiro atoms. The molecule has 0 saturated heterocycles. The van der Waals surface area contributed by atoms with Gasteiger partial charge in [0.25, 0.3) is 5.91 Å². The topological polar surface area (TPSA) is 126 Å². The molecule has 0 aromatic carbocycles. The van der Waals surface area contributed by atoms with Crippen molar-refractivity contribution in [2.45, 2.75) is 58.9 Å². The van der Waals surface area contributed by atoms with Crippen LogP contribution in [0.3, 0.4) is 0 Å². The highest BCUT2D eigenvalue weighted by Gasteiger charge is 2.21. The Bertz CT molecular complexity index is 706. The van der Waals surface area contributed by atoms with Gasteiger partial charge >= 0.3 is 5.97 Å². The van der Waals surface area contributed by atoms with E-state index in [1.807, 2.05) is 6.07 Å². The van der Waals surface area contributed by atoms with Crippen LogP contribution in [0.2, 0.25) is 0 Å². The minimum absolute atomic E-state index is 0.0402. The van der Waals surface area contributed by atoms with Gasteiger partial charge in [-0.1, -0.05) is 19.4 Å². The van der Waals surface area contributed by atoms with Crippen molar-refractivity contribution in [2.75, 3.05) is 19.7 Å². The maximum absolute atomic E-state index is 12.1. The standard InChI is InChI=1S/C21H32N4O5/c1-4-6-7-16-8-9-17(24-14-16)20(28)23-13-12-22-19(27)11-10-18(25-15(3)26)21(29)30-5-2/h8-9,14,18H,4-7,10-13H2,1-3H3,(H,22,27)(H,23,28)(H,25,26). The molecule has 0 aliphatic heterocycles. The molecule has 3 amide bonds. The van der Waals surface area contributed by atoms with Gasteiger partial charge in [0, 0.05) is 32.6 Å². The van der Waals surface area contributed by atoms with Crippen LogP contribution in [0.15, 0.2) is 18.3 Å². The van der Waals surface area contributed by atoms with Crippen LogP contribution in [0.4, 0.5) is 0 Å². The molecule has 0 aliphatic rings. The summed E-state index contributed by atoms with van der Waals surface area (Å²) in [6.07, 6.45) is 5.00. The Morgan fingerprint density at radius 1 is 1.10 bits per heavy atom. The first-order valence-corrected chi connectivity index (χ1v) is 10.3. The van der Waals surface area contributed by atoms with E-state index in [4.69, 9.17) is 4.74 Å². The van der Waals surface area contributed by atoms with Crippen molar-refractivity contribution < 1.29 is 23.9 Å². The van der Waals surface area contributed by atoms with Crippen LogP contribution in [0.25, 0.3) is 0 Å². The second-order valence-electron chi connectivity index (χ2n) is 6.80. The van der Waals surface area contributed by atoms with Gasteiger partial charge in [-0.2, -0.15) is 0 Å². The molecule has 1 rings (SSSR count). The number of aryl methyl sites for hydroxylation is 1. The Balaban J connectivity index is 2.32. The third-order valence-corrected chi connectivity index (χ3v) is 4.22. The molecule has 30 heavy (non-hydrogen) atoms. The first-order valence-electron chi connectivity index (χ1n) is 10.3. The molecular formula is C21H32N4O5. The summed E-state index contributed by atoms with van der Waals surface area (Å²) in [4.78, 5) is 51.2. The number of rotatable bonds is 13. The van der Waals surface area contributed by atoms with E-state index in [-0.39, 0.29) is 50.3 Å². The third kappa shape index (κ3) is 9.99. The predicted octanol–water partition coefficient (Wildman–Crippen LogP) is 1.12. The Labute approximate surface area is 177 Å². The number of unbranched alkanes of at least 4 members (excludes halogenated alkanes) is 1. The van der Waals surface area contributed by atoms with Crippen LogP contribution >= 0.6 is 0 Å². The van der Waals surface area contributed by atoms with Crippen LogP contribution < -0.4 is 16.0 Å². The highest BCUT2D eigenvalue weighted by atomic mass is 16.5. The van der Waals surface area contributed by atoms with Gasteiger partial charge in [0.15, 0.2) is 0 Å². The quantitative estimate of drug-likeness (QED) is 0.324. The van der Waals surface area contributed by atoms with Crippen molar-refractivity contribution in [3.05, 3.63) is 29.6 Å². The molecule has 1 aromatic rings. The van der Waals surface area contributed by atoms with Crippen molar-refractivity contribution >= 4 is 23.7 Å². The summed E-state index contributed by atoms with van der Waals surface area (Å²) in [5.74, 6) is -1.54. The predicted molar refractivity (Wildman–Crippen MR) is 112 cm³/mol. The highest BCUT2D eigenvalue weighted by molar-refractivity contribution is 5.92. The summed E-state index contributed by atoms with van der Waals surface area (Å²) < 4.78 is 4.89. The molecule has 1 heterocycles. The molecule has 1 atom stereocenters. The molecular weight excluding hydrogens is 388 g/mol. The molecule has 9 heteroatoms. The van der Waals surface area contributed by atoms with Crippen molar-refractivity contribution in [2.24, 2.45) is 0 Å². The number of esters is 1. The number of carbonyl (C=O) groups excluding carboxylic acids is 4. The van der Waals surface area contributed by atoms with E-state index < -0.39 is 12.0 Å². The maximum atomic E-state index is 12.1. The lowest BCUT2D eigenvalue weighted by molar-refractivity contribution is -0.147. The summed E-state index contributed by atoms with van der Waals surface area (Å²) in [7, 11) is 0. The number of amides is 3. The number of hydrogen-bond acceptors (Lipinski definition) is 6.